The third-order valence-corrected chi connectivity index (χ3v) is 5.31. The van der Waals surface area contributed by atoms with Crippen molar-refractivity contribution >= 4 is 48.1 Å². The molecule has 1 aromatic heterocycles. The molecule has 2 amide bonds. The molecular formula is C21H29BFN3O4S2UVW2-2. The molecule has 0 spiro atoms. The molecule has 36 heavy (non-hydrogen) atoms. The monoisotopic (exact) mass is 1140 g/mol. The van der Waals surface area contributed by atoms with E-state index in [1.165, 1.54) is 4.90 Å². The van der Waals surface area contributed by atoms with E-state index >= 15 is 0 Å². The van der Waals surface area contributed by atoms with E-state index in [2.05, 4.69) is 36.8 Å². The Morgan fingerprint density at radius 1 is 1.25 bits per heavy atom. The Morgan fingerprint density at radius 2 is 1.83 bits per heavy atom. The van der Waals surface area contributed by atoms with Crippen LogP contribution >= 0.6 is 0 Å². The van der Waals surface area contributed by atoms with Gasteiger partial charge in [-0.3, -0.25) is 14.6 Å². The zero-order valence-electron chi connectivity index (χ0n) is 20.4. The third-order valence-electron chi connectivity index (χ3n) is 5.31. The first kappa shape index (κ1) is 39.3. The van der Waals surface area contributed by atoms with Gasteiger partial charge in [-0.25, -0.2) is 0 Å². The maximum absolute atomic E-state index is 13.0. The summed E-state index contributed by atoms with van der Waals surface area (Å²) in [7, 11) is -1.58. The number of nitrogens with zero attached hydrogens (tertiary/aromatic N) is 2. The van der Waals surface area contributed by atoms with Crippen LogP contribution in [0.3, 0.4) is 0 Å². The van der Waals surface area contributed by atoms with Crippen LogP contribution in [-0.4, -0.2) is 63.6 Å². The van der Waals surface area contributed by atoms with Crippen molar-refractivity contribution in [3.05, 3.63) is 41.6 Å². The van der Waals surface area contributed by atoms with Crippen molar-refractivity contribution in [3.8, 4) is 0 Å². The van der Waals surface area contributed by atoms with E-state index in [0.29, 0.717) is 24.9 Å². The largest absolute Gasteiger partial charge is 0 e. The van der Waals surface area contributed by atoms with Crippen LogP contribution in [0.5, 0.6) is 0 Å². The number of halogens is 1. The molecule has 2 heterocycles. The Kier molecular flexibility index (Phi) is 22.0. The van der Waals surface area contributed by atoms with E-state index in [1.54, 1.807) is 25.4 Å². The maximum Gasteiger partial charge on any atom is 0 e. The molecule has 7 nitrogen and oxygen atoms in total. The van der Waals surface area contributed by atoms with E-state index in [4.69, 9.17) is 0 Å². The number of hydrogen-bond acceptors (Lipinski definition) is 7. The summed E-state index contributed by atoms with van der Waals surface area (Å²) >= 11 is 6.23. The summed E-state index contributed by atoms with van der Waals surface area (Å²) in [5.41, 5.74) is 1.55. The smallest absolute Gasteiger partial charge is 0 e. The zero-order valence-corrected chi connectivity index (χ0v) is 33.4. The zero-order chi connectivity index (χ0) is 26.0. The van der Waals surface area contributed by atoms with Crippen LogP contribution in [0.15, 0.2) is 30.5 Å². The number of benzene rings is 1. The van der Waals surface area contributed by atoms with Crippen LogP contribution < -0.4 is 5.32 Å². The van der Waals surface area contributed by atoms with Gasteiger partial charge in [-0.15, -0.1) is 0 Å². The second-order valence-corrected chi connectivity index (χ2v) is 24.4. The molecule has 2 atom stereocenters. The predicted molar refractivity (Wildman–Crippen MR) is 129 cm³/mol. The van der Waals surface area contributed by atoms with Gasteiger partial charge in [0.05, 0.1) is 17.0 Å². The summed E-state index contributed by atoms with van der Waals surface area (Å²) < 4.78 is 11.1. The molecule has 1 aliphatic heterocycles. The van der Waals surface area contributed by atoms with Crippen molar-refractivity contribution in [1.29, 1.82) is 0 Å². The first-order valence-electron chi connectivity index (χ1n) is 10.6. The summed E-state index contributed by atoms with van der Waals surface area (Å²) in [5, 5.41) is 22.5. The number of amides is 2. The number of hydrogen-bond donors (Lipinski definition) is 3. The number of pyridine rings is 1. The van der Waals surface area contributed by atoms with Crippen molar-refractivity contribution < 1.29 is 109 Å². The molecule has 1 aliphatic rings. The molecule has 1 radical (unpaired) electrons. The Bertz CT molecular complexity index is 1060. The number of carbonyl (C=O) groups is 2. The maximum atomic E-state index is 13.0. The molecule has 1 aromatic carbocycles. The number of likely N-dealkylation sites (tertiary alicyclic amines) is 1. The Morgan fingerprint density at radius 3 is 2.36 bits per heavy atom. The normalized spacial score (nSPS) is 14.9. The second-order valence-electron chi connectivity index (χ2n) is 7.80. The average molecular weight is 1140 g/mol. The Balaban J connectivity index is 0. The Hall–Kier alpha value is 1.20. The fourth-order valence-electron chi connectivity index (χ4n) is 3.87. The SMILES string of the molecule is CC(NC(=O)c1ccnc2cccc(C(C)C)c12)C(=O)N1CCCC1B(O)O.C[S-].F[S-](=[W])=[W].[U].[V]. The van der Waals surface area contributed by atoms with Gasteiger partial charge in [-0.05, 0) is 43.4 Å². The summed E-state index contributed by atoms with van der Waals surface area (Å²) in [6.07, 6.45) is 4.42. The van der Waals surface area contributed by atoms with Gasteiger partial charge in [-0.2, -0.15) is 6.26 Å². The van der Waals surface area contributed by atoms with Crippen molar-refractivity contribution in [2.75, 3.05) is 12.8 Å². The molecule has 197 valence electrons. The minimum absolute atomic E-state index is 0. The van der Waals surface area contributed by atoms with Crippen LogP contribution in [0.4, 0.5) is 3.89 Å². The molecule has 0 aliphatic carbocycles. The number of rotatable bonds is 5. The van der Waals surface area contributed by atoms with Crippen LogP contribution in [-0.2, 0) is 77.6 Å². The van der Waals surface area contributed by atoms with Gasteiger partial charge < -0.3 is 32.9 Å². The fourth-order valence-corrected chi connectivity index (χ4v) is 3.87. The molecule has 15 heteroatoms. The van der Waals surface area contributed by atoms with Crippen molar-refractivity contribution in [2.24, 2.45) is 0 Å². The number of nitrogens with one attached hydrogen (secondary N) is 1. The van der Waals surface area contributed by atoms with E-state index < -0.39 is 24.8 Å². The fraction of sp³-hybridized carbons (Fsp3) is 0.476. The third kappa shape index (κ3) is 11.7. The Labute approximate surface area is 275 Å². The van der Waals surface area contributed by atoms with Gasteiger partial charge in [0.25, 0.3) is 5.91 Å². The van der Waals surface area contributed by atoms with Crippen LogP contribution in [0, 0.1) is 31.1 Å². The van der Waals surface area contributed by atoms with Gasteiger partial charge in [0.15, 0.2) is 0 Å². The quantitative estimate of drug-likeness (QED) is 0.314. The van der Waals surface area contributed by atoms with Gasteiger partial charge in [0.2, 0.25) is 5.91 Å². The van der Waals surface area contributed by atoms with Crippen LogP contribution in [0.25, 0.3) is 10.9 Å². The van der Waals surface area contributed by atoms with Gasteiger partial charge in [-0.1, -0.05) is 26.0 Å². The number of carbonyl (C=O) groups excluding carboxylic acids is 2. The number of fused-ring (bicyclic) bond motifs is 1. The minimum Gasteiger partial charge on any atom is 0 e. The summed E-state index contributed by atoms with van der Waals surface area (Å²) in [5.74, 6) is -1.07. The van der Waals surface area contributed by atoms with Gasteiger partial charge in [0, 0.05) is 67.8 Å². The average Bonchev–Trinajstić information content (AvgIpc) is 3.28. The van der Waals surface area contributed by atoms with Crippen LogP contribution in [0.2, 0.25) is 0 Å². The van der Waals surface area contributed by atoms with E-state index in [1.807, 2.05) is 18.2 Å². The molecule has 0 saturated carbocycles. The molecule has 2 aromatic rings. The van der Waals surface area contributed by atoms with Crippen molar-refractivity contribution in [1.82, 2.24) is 15.2 Å². The predicted octanol–water partition coefficient (Wildman–Crippen LogP) is 2.05. The van der Waals surface area contributed by atoms with E-state index in [-0.39, 0.29) is 67.4 Å². The minimum atomic E-state index is -1.58. The van der Waals surface area contributed by atoms with Gasteiger partial charge in [0.1, 0.15) is 6.04 Å². The summed E-state index contributed by atoms with van der Waals surface area (Å²) in [6, 6.07) is 6.66. The van der Waals surface area contributed by atoms with Crippen LogP contribution in [0.1, 0.15) is 55.5 Å². The summed E-state index contributed by atoms with van der Waals surface area (Å²) in [4.78, 5) is 31.5. The van der Waals surface area contributed by atoms with Crippen molar-refractivity contribution in [2.45, 2.75) is 51.5 Å². The van der Waals surface area contributed by atoms with E-state index in [0.717, 1.165) is 52.5 Å². The molecule has 3 N–H and O–H groups in total. The van der Waals surface area contributed by atoms with Crippen molar-refractivity contribution in [3.63, 3.8) is 0 Å². The molecule has 1 saturated heterocycles. The first-order valence-corrected chi connectivity index (χ1v) is 19.5. The second kappa shape index (κ2) is 20.1. The number of aromatic nitrogens is 1. The van der Waals surface area contributed by atoms with E-state index in [9.17, 15) is 23.5 Å². The first-order chi connectivity index (χ1) is 16.0. The molecule has 3 rings (SSSR count). The molecule has 0 bridgehead atoms. The van der Waals surface area contributed by atoms with Gasteiger partial charge >= 0.3 is 52.7 Å². The molecule has 2 unspecified atom stereocenters. The standard InChI is InChI=1S/C20H26BN3O4.CH4S.FS.U.V.2W/c1-12(2)14-6-4-7-16-18(14)15(9-10-22-16)19(25)23-13(3)20(26)24-11-5-8-17(24)21(27)28;2*1-2;;;;/h4,6-7,9-10,12-13,17,27-28H,5,8,11H2,1-3H3,(H,23,25);2H,1H3;;;;;/q;;-1;;;;/p-1. The molecule has 1 fully saturated rings. The molecular weight excluding hydrogens is 1110 g/mol. The summed E-state index contributed by atoms with van der Waals surface area (Å²) in [6.45, 7) is 6.19. The topological polar surface area (TPSA) is 103 Å².